The van der Waals surface area contributed by atoms with Crippen molar-refractivity contribution in [1.29, 1.82) is 0 Å². The Balaban J connectivity index is 2.28. The zero-order valence-corrected chi connectivity index (χ0v) is 12.7. The number of hydroxylamine groups is 2. The van der Waals surface area contributed by atoms with Crippen LogP contribution in [0.25, 0.3) is 6.08 Å². The number of aromatic nitrogens is 1. The number of rotatable bonds is 6. The van der Waals surface area contributed by atoms with E-state index in [2.05, 4.69) is 9.98 Å². The fourth-order valence-corrected chi connectivity index (χ4v) is 2.11. The molecule has 0 fully saturated rings. The minimum Gasteiger partial charge on any atom is -0.387 e. The molecule has 22 heavy (non-hydrogen) atoms. The summed E-state index contributed by atoms with van der Waals surface area (Å²) in [6, 6.07) is 3.60. The minimum absolute atomic E-state index is 0.230. The Labute approximate surface area is 129 Å². The van der Waals surface area contributed by atoms with Crippen molar-refractivity contribution >= 4 is 23.5 Å². The van der Waals surface area contributed by atoms with Gasteiger partial charge in [-0.3, -0.25) is 14.6 Å². The van der Waals surface area contributed by atoms with Crippen molar-refractivity contribution in [3.8, 4) is 0 Å². The van der Waals surface area contributed by atoms with Gasteiger partial charge in [0.25, 0.3) is 5.91 Å². The molecule has 1 aliphatic rings. The van der Waals surface area contributed by atoms with E-state index in [0.29, 0.717) is 35.9 Å². The van der Waals surface area contributed by atoms with E-state index >= 15 is 0 Å². The van der Waals surface area contributed by atoms with Crippen LogP contribution >= 0.6 is 0 Å². The Morgan fingerprint density at radius 2 is 2.32 bits per heavy atom. The first-order valence-electron chi connectivity index (χ1n) is 7.29. The highest BCUT2D eigenvalue weighted by atomic mass is 16.7. The summed E-state index contributed by atoms with van der Waals surface area (Å²) in [6.07, 6.45) is 4.42. The second-order valence-electron chi connectivity index (χ2n) is 4.89. The van der Waals surface area contributed by atoms with Gasteiger partial charge in [-0.15, -0.1) is 0 Å². The molecule has 1 aliphatic heterocycles. The van der Waals surface area contributed by atoms with Crippen molar-refractivity contribution < 1.29 is 9.63 Å². The summed E-state index contributed by atoms with van der Waals surface area (Å²) in [5.74, 6) is 0.147. The lowest BCUT2D eigenvalue weighted by Gasteiger charge is -2.22. The first-order chi connectivity index (χ1) is 10.7. The van der Waals surface area contributed by atoms with Crippen LogP contribution in [0, 0.1) is 0 Å². The SMILES string of the molecule is CCCN(OCCN)C(=O)C1=Cc2ncccc2N=C(N)C1. The number of carbonyl (C=O) groups is 1. The average molecular weight is 303 g/mol. The lowest BCUT2D eigenvalue weighted by Crippen LogP contribution is -2.35. The molecule has 0 aliphatic carbocycles. The molecule has 0 spiro atoms. The van der Waals surface area contributed by atoms with Crippen molar-refractivity contribution in [2.24, 2.45) is 16.5 Å². The second-order valence-corrected chi connectivity index (χ2v) is 4.89. The molecule has 0 unspecified atom stereocenters. The maximum atomic E-state index is 12.7. The van der Waals surface area contributed by atoms with Gasteiger partial charge in [0.2, 0.25) is 0 Å². The fraction of sp³-hybridized carbons (Fsp3) is 0.400. The molecular weight excluding hydrogens is 282 g/mol. The largest absolute Gasteiger partial charge is 0.387 e. The Morgan fingerprint density at radius 1 is 1.50 bits per heavy atom. The van der Waals surface area contributed by atoms with E-state index in [-0.39, 0.29) is 18.9 Å². The summed E-state index contributed by atoms with van der Waals surface area (Å²) in [4.78, 5) is 26.6. The van der Waals surface area contributed by atoms with Crippen LogP contribution < -0.4 is 11.5 Å². The third kappa shape index (κ3) is 3.90. The molecule has 1 aromatic heterocycles. The first kappa shape index (κ1) is 16.1. The maximum absolute atomic E-state index is 12.7. The highest BCUT2D eigenvalue weighted by Gasteiger charge is 2.22. The highest BCUT2D eigenvalue weighted by molar-refractivity contribution is 6.04. The van der Waals surface area contributed by atoms with Crippen LogP contribution in [0.5, 0.6) is 0 Å². The molecule has 1 aromatic rings. The third-order valence-corrected chi connectivity index (χ3v) is 3.06. The van der Waals surface area contributed by atoms with Gasteiger partial charge in [-0.25, -0.2) is 10.1 Å². The van der Waals surface area contributed by atoms with Gasteiger partial charge in [0.05, 0.1) is 18.0 Å². The quantitative estimate of drug-likeness (QED) is 0.762. The molecule has 0 radical (unpaired) electrons. The fourth-order valence-electron chi connectivity index (χ4n) is 2.11. The summed E-state index contributed by atoms with van der Waals surface area (Å²) in [5.41, 5.74) is 13.1. The normalized spacial score (nSPS) is 13.7. The van der Waals surface area contributed by atoms with Crippen molar-refractivity contribution in [2.45, 2.75) is 19.8 Å². The lowest BCUT2D eigenvalue weighted by atomic mass is 10.1. The van der Waals surface area contributed by atoms with Crippen molar-refractivity contribution in [2.75, 3.05) is 19.7 Å². The zero-order chi connectivity index (χ0) is 15.9. The summed E-state index contributed by atoms with van der Waals surface area (Å²) in [5, 5.41) is 1.33. The molecular formula is C15H21N5O2. The average Bonchev–Trinajstić information content (AvgIpc) is 2.68. The van der Waals surface area contributed by atoms with Gasteiger partial charge in [-0.1, -0.05) is 6.92 Å². The number of nitrogens with two attached hydrogens (primary N) is 2. The van der Waals surface area contributed by atoms with Gasteiger partial charge in [0.1, 0.15) is 5.84 Å². The van der Waals surface area contributed by atoms with E-state index in [1.165, 1.54) is 5.06 Å². The Kier molecular flexibility index (Phi) is 5.62. The van der Waals surface area contributed by atoms with Gasteiger partial charge in [0.15, 0.2) is 0 Å². The molecule has 0 aromatic carbocycles. The van der Waals surface area contributed by atoms with Gasteiger partial charge >= 0.3 is 0 Å². The Morgan fingerprint density at radius 3 is 3.05 bits per heavy atom. The van der Waals surface area contributed by atoms with Gasteiger partial charge < -0.3 is 11.5 Å². The van der Waals surface area contributed by atoms with Crippen LogP contribution in [-0.2, 0) is 9.63 Å². The topological polar surface area (TPSA) is 107 Å². The molecule has 1 amide bonds. The van der Waals surface area contributed by atoms with E-state index in [1.54, 1.807) is 18.3 Å². The number of aliphatic imine (C=N–C) groups is 1. The van der Waals surface area contributed by atoms with Gasteiger partial charge in [-0.05, 0) is 24.6 Å². The predicted molar refractivity (Wildman–Crippen MR) is 85.1 cm³/mol. The van der Waals surface area contributed by atoms with Crippen LogP contribution in [0.2, 0.25) is 0 Å². The summed E-state index contributed by atoms with van der Waals surface area (Å²) >= 11 is 0. The summed E-state index contributed by atoms with van der Waals surface area (Å²) < 4.78 is 0. The van der Waals surface area contributed by atoms with E-state index < -0.39 is 0 Å². The summed E-state index contributed by atoms with van der Waals surface area (Å²) in [7, 11) is 0. The van der Waals surface area contributed by atoms with Crippen LogP contribution in [-0.4, -0.2) is 41.5 Å². The van der Waals surface area contributed by atoms with Crippen LogP contribution in [0.15, 0.2) is 28.9 Å². The molecule has 7 nitrogen and oxygen atoms in total. The molecule has 0 saturated carbocycles. The van der Waals surface area contributed by atoms with E-state index in [9.17, 15) is 4.79 Å². The molecule has 0 atom stereocenters. The Bertz CT molecular complexity index is 597. The summed E-state index contributed by atoms with van der Waals surface area (Å²) in [6.45, 7) is 3.10. The monoisotopic (exact) mass is 303 g/mol. The van der Waals surface area contributed by atoms with E-state index in [0.717, 1.165) is 6.42 Å². The minimum atomic E-state index is -0.230. The Hall–Kier alpha value is -2.25. The number of hydrogen-bond acceptors (Lipinski definition) is 6. The van der Waals surface area contributed by atoms with Crippen LogP contribution in [0.4, 0.5) is 5.69 Å². The third-order valence-electron chi connectivity index (χ3n) is 3.06. The molecule has 2 heterocycles. The smallest absolute Gasteiger partial charge is 0.273 e. The number of amides is 1. The molecule has 118 valence electrons. The van der Waals surface area contributed by atoms with E-state index in [1.807, 2.05) is 13.0 Å². The number of amidine groups is 1. The van der Waals surface area contributed by atoms with E-state index in [4.69, 9.17) is 16.3 Å². The maximum Gasteiger partial charge on any atom is 0.273 e. The molecule has 7 heteroatoms. The van der Waals surface area contributed by atoms with Gasteiger partial charge in [0, 0.05) is 31.3 Å². The molecule has 0 saturated heterocycles. The number of carbonyl (C=O) groups excluding carboxylic acids is 1. The zero-order valence-electron chi connectivity index (χ0n) is 12.7. The number of pyridine rings is 1. The van der Waals surface area contributed by atoms with Crippen molar-refractivity contribution in [3.05, 3.63) is 29.6 Å². The number of hydrogen-bond donors (Lipinski definition) is 2. The van der Waals surface area contributed by atoms with Gasteiger partial charge in [-0.2, -0.15) is 0 Å². The number of fused-ring (bicyclic) bond motifs is 1. The highest BCUT2D eigenvalue weighted by Crippen LogP contribution is 2.25. The molecule has 0 bridgehead atoms. The predicted octanol–water partition coefficient (Wildman–Crippen LogP) is 0.986. The molecule has 4 N–H and O–H groups in total. The standard InChI is InChI=1S/C15H21N5O2/c1-2-7-20(22-8-5-16)15(21)11-9-13-12(4-3-6-18-13)19-14(17)10-11/h3-4,6,9H,2,5,7-8,10,16H2,1H3,(H2,17,19). The van der Waals surface area contributed by atoms with Crippen LogP contribution in [0.1, 0.15) is 25.5 Å². The van der Waals surface area contributed by atoms with Crippen molar-refractivity contribution in [1.82, 2.24) is 10.0 Å². The molecule has 2 rings (SSSR count). The van der Waals surface area contributed by atoms with Crippen molar-refractivity contribution in [3.63, 3.8) is 0 Å². The second kappa shape index (κ2) is 7.67. The first-order valence-corrected chi connectivity index (χ1v) is 7.29. The number of nitrogens with zero attached hydrogens (tertiary/aromatic N) is 3. The lowest BCUT2D eigenvalue weighted by molar-refractivity contribution is -0.181. The van der Waals surface area contributed by atoms with Crippen LogP contribution in [0.3, 0.4) is 0 Å².